The number of methoxy groups -OCH3 is 2. The largest absolute Gasteiger partial charge is 1.00 e. The summed E-state index contributed by atoms with van der Waals surface area (Å²) in [7, 11) is 3.12. The molecule has 0 amide bonds. The first-order valence-corrected chi connectivity index (χ1v) is 11.0. The van der Waals surface area contributed by atoms with Crippen LogP contribution in [0.5, 0.6) is 23.0 Å². The minimum atomic E-state index is -1.45. The van der Waals surface area contributed by atoms with Gasteiger partial charge in [0.05, 0.1) is 20.2 Å². The van der Waals surface area contributed by atoms with Crippen LogP contribution in [0.1, 0.15) is 32.6 Å². The van der Waals surface area contributed by atoms with Gasteiger partial charge in [-0.3, -0.25) is 4.79 Å². The number of fused-ring (bicyclic) bond motifs is 1. The molecule has 1 aliphatic heterocycles. The van der Waals surface area contributed by atoms with E-state index in [9.17, 15) is 14.7 Å². The maximum Gasteiger partial charge on any atom is 1.00 e. The second kappa shape index (κ2) is 11.6. The Hall–Kier alpha value is -3.26. The molecular formula is C28H25NaO7. The number of allylic oxidation sites excluding steroid dienone is 1. The van der Waals surface area contributed by atoms with Gasteiger partial charge in [0.2, 0.25) is 6.79 Å². The van der Waals surface area contributed by atoms with Gasteiger partial charge in [-0.15, -0.1) is 0 Å². The van der Waals surface area contributed by atoms with Crippen molar-refractivity contribution in [3.63, 3.8) is 0 Å². The molecule has 0 radical (unpaired) electrons. The fourth-order valence-electron chi connectivity index (χ4n) is 4.12. The number of carbonyl (C=O) groups is 2. The number of hydrogen-bond donors (Lipinski definition) is 0. The third-order valence-electron chi connectivity index (χ3n) is 6.01. The summed E-state index contributed by atoms with van der Waals surface area (Å²) in [5.41, 5.74) is 3.09. The van der Waals surface area contributed by atoms with Crippen LogP contribution in [0.25, 0.3) is 5.57 Å². The van der Waals surface area contributed by atoms with E-state index < -0.39 is 11.8 Å². The Morgan fingerprint density at radius 2 is 1.53 bits per heavy atom. The second-order valence-corrected chi connectivity index (χ2v) is 8.19. The minimum Gasteiger partial charge on any atom is -0.545 e. The number of Topliss-reactive ketones (excluding diaryl/α,β-unsaturated/α-hetero) is 1. The molecule has 0 aromatic heterocycles. The summed E-state index contributed by atoms with van der Waals surface area (Å²) >= 11 is 0. The van der Waals surface area contributed by atoms with Crippen molar-refractivity contribution >= 4 is 17.3 Å². The summed E-state index contributed by atoms with van der Waals surface area (Å²) in [6.45, 7) is 3.84. The number of benzene rings is 3. The summed E-state index contributed by atoms with van der Waals surface area (Å²) in [6, 6.07) is 15.1. The maximum atomic E-state index is 13.8. The van der Waals surface area contributed by atoms with Crippen LogP contribution in [-0.4, -0.2) is 32.8 Å². The number of hydrogen-bond acceptors (Lipinski definition) is 7. The molecule has 1 heterocycles. The van der Waals surface area contributed by atoms with Gasteiger partial charge in [-0.05, 0) is 78.6 Å². The van der Waals surface area contributed by atoms with Gasteiger partial charge in [0.1, 0.15) is 11.5 Å². The van der Waals surface area contributed by atoms with Crippen LogP contribution in [0.15, 0.2) is 60.2 Å². The predicted octanol–water partition coefficient (Wildman–Crippen LogP) is 0.682. The Kier molecular flexibility index (Phi) is 8.84. The molecule has 3 aromatic carbocycles. The zero-order valence-electron chi connectivity index (χ0n) is 21.0. The summed E-state index contributed by atoms with van der Waals surface area (Å²) in [4.78, 5) is 26.2. The van der Waals surface area contributed by atoms with Crippen LogP contribution in [0, 0.1) is 13.8 Å². The Morgan fingerprint density at radius 1 is 0.861 bits per heavy atom. The van der Waals surface area contributed by atoms with Crippen molar-refractivity contribution in [2.45, 2.75) is 20.3 Å². The topological polar surface area (TPSA) is 94.1 Å². The monoisotopic (exact) mass is 496 g/mol. The van der Waals surface area contributed by atoms with Crippen molar-refractivity contribution in [1.82, 2.24) is 0 Å². The number of carbonyl (C=O) groups excluding carboxylic acids is 2. The first-order valence-electron chi connectivity index (χ1n) is 11.0. The second-order valence-electron chi connectivity index (χ2n) is 8.19. The molecule has 0 bridgehead atoms. The van der Waals surface area contributed by atoms with Crippen molar-refractivity contribution in [2.75, 3.05) is 21.0 Å². The van der Waals surface area contributed by atoms with E-state index in [2.05, 4.69) is 0 Å². The van der Waals surface area contributed by atoms with E-state index in [1.165, 1.54) is 7.11 Å². The van der Waals surface area contributed by atoms with E-state index in [1.807, 2.05) is 26.0 Å². The summed E-state index contributed by atoms with van der Waals surface area (Å²) in [5, 5.41) is 12.5. The van der Waals surface area contributed by atoms with Gasteiger partial charge in [0.25, 0.3) is 0 Å². The molecule has 0 fully saturated rings. The molecule has 180 valence electrons. The van der Waals surface area contributed by atoms with Crippen LogP contribution < -0.4 is 53.6 Å². The van der Waals surface area contributed by atoms with E-state index >= 15 is 0 Å². The number of ketones is 1. The Morgan fingerprint density at radius 3 is 2.17 bits per heavy atom. The Bertz CT molecular complexity index is 1330. The number of carboxylic acids is 1. The number of carboxylic acid groups (broad SMARTS) is 1. The Balaban J connectivity index is 0.00000361. The van der Waals surface area contributed by atoms with E-state index in [-0.39, 0.29) is 53.9 Å². The molecule has 0 atom stereocenters. The van der Waals surface area contributed by atoms with Crippen molar-refractivity contribution < 1.29 is 63.2 Å². The molecule has 7 nitrogen and oxygen atoms in total. The zero-order chi connectivity index (χ0) is 25.1. The first kappa shape index (κ1) is 27.3. The van der Waals surface area contributed by atoms with Gasteiger partial charge in [-0.1, -0.05) is 12.1 Å². The fourth-order valence-corrected chi connectivity index (χ4v) is 4.12. The number of aryl methyl sites for hydroxylation is 2. The molecule has 0 saturated heterocycles. The average molecular weight is 496 g/mol. The maximum absolute atomic E-state index is 13.8. The summed E-state index contributed by atoms with van der Waals surface area (Å²) in [6.07, 6.45) is 0.0826. The van der Waals surface area contributed by atoms with Gasteiger partial charge in [-0.25, -0.2) is 0 Å². The van der Waals surface area contributed by atoms with Crippen LogP contribution >= 0.6 is 0 Å². The molecule has 3 aromatic rings. The number of aliphatic carboxylic acids is 1. The van der Waals surface area contributed by atoms with Gasteiger partial charge in [-0.2, -0.15) is 0 Å². The standard InChI is InChI=1S/C28H26O7.Na/c1-16-12-24(33-4)17(2)11-20(16)13-22(27(29)18-5-8-21(32-3)9-6-18)26(28(30)31)19-7-10-23-25(14-19)35-15-34-23;/h5-12,14H,13,15H2,1-4H3,(H,30,31);/q;+1/p-1. The molecule has 36 heavy (non-hydrogen) atoms. The number of ether oxygens (including phenoxy) is 4. The third kappa shape index (κ3) is 5.59. The fraction of sp³-hybridized carbons (Fsp3) is 0.214. The van der Waals surface area contributed by atoms with Gasteiger partial charge in [0.15, 0.2) is 17.3 Å². The summed E-state index contributed by atoms with van der Waals surface area (Å²) in [5.74, 6) is 0.352. The minimum absolute atomic E-state index is 0. The SMILES string of the molecule is COc1ccc(C(=O)C(Cc2cc(C)c(OC)cc2C)=C(C(=O)[O-])c2ccc3c(c2)OCO3)cc1.[Na+]. The molecule has 0 aliphatic carbocycles. The van der Waals surface area contributed by atoms with Gasteiger partial charge in [0, 0.05) is 23.1 Å². The summed E-state index contributed by atoms with van der Waals surface area (Å²) < 4.78 is 21.4. The van der Waals surface area contributed by atoms with Crippen molar-refractivity contribution in [1.29, 1.82) is 0 Å². The molecular weight excluding hydrogens is 471 g/mol. The molecule has 0 spiro atoms. The van der Waals surface area contributed by atoms with Crippen molar-refractivity contribution in [3.8, 4) is 23.0 Å². The van der Waals surface area contributed by atoms with Crippen molar-refractivity contribution in [2.24, 2.45) is 0 Å². The molecule has 1 aliphatic rings. The molecule has 4 rings (SSSR count). The Labute approximate surface area is 231 Å². The number of rotatable bonds is 8. The van der Waals surface area contributed by atoms with Crippen LogP contribution in [0.4, 0.5) is 0 Å². The molecule has 0 unspecified atom stereocenters. The average Bonchev–Trinajstić information content (AvgIpc) is 3.33. The normalized spacial score (nSPS) is 12.3. The predicted molar refractivity (Wildman–Crippen MR) is 128 cm³/mol. The quantitative estimate of drug-likeness (QED) is 0.257. The van der Waals surface area contributed by atoms with Crippen LogP contribution in [0.2, 0.25) is 0 Å². The molecule has 0 N–H and O–H groups in total. The van der Waals surface area contributed by atoms with E-state index in [0.717, 1.165) is 16.7 Å². The van der Waals surface area contributed by atoms with Crippen LogP contribution in [-0.2, 0) is 11.2 Å². The smallest absolute Gasteiger partial charge is 0.545 e. The van der Waals surface area contributed by atoms with Crippen LogP contribution in [0.3, 0.4) is 0 Å². The molecule has 0 saturated carbocycles. The van der Waals surface area contributed by atoms with Gasteiger partial charge < -0.3 is 28.8 Å². The molecule has 8 heteroatoms. The van der Waals surface area contributed by atoms with Crippen molar-refractivity contribution in [3.05, 3.63) is 88.0 Å². The third-order valence-corrected chi connectivity index (χ3v) is 6.01. The zero-order valence-corrected chi connectivity index (χ0v) is 23.0. The van der Waals surface area contributed by atoms with E-state index in [0.29, 0.717) is 34.1 Å². The van der Waals surface area contributed by atoms with E-state index in [1.54, 1.807) is 49.6 Å². The van der Waals surface area contributed by atoms with Gasteiger partial charge >= 0.3 is 29.6 Å². The first-order chi connectivity index (χ1) is 16.8. The van der Waals surface area contributed by atoms with E-state index in [4.69, 9.17) is 18.9 Å².